The van der Waals surface area contributed by atoms with Gasteiger partial charge in [0.25, 0.3) is 0 Å². The molecule has 0 atom stereocenters. The highest BCUT2D eigenvalue weighted by Gasteiger charge is 2.10. The smallest absolute Gasteiger partial charge is 0.339 e. The van der Waals surface area contributed by atoms with Crippen molar-refractivity contribution in [1.29, 1.82) is 0 Å². The topological polar surface area (TPSA) is 51.7 Å². The molecule has 2 heterocycles. The first kappa shape index (κ1) is 14.0. The van der Waals surface area contributed by atoms with Gasteiger partial charge >= 0.3 is 5.97 Å². The summed E-state index contributed by atoms with van der Waals surface area (Å²) in [4.78, 5) is 18.1. The number of aromatic nitrogens is 1. The lowest BCUT2D eigenvalue weighted by Gasteiger charge is -2.26. The van der Waals surface area contributed by atoms with Crippen LogP contribution in [0.3, 0.4) is 0 Å². The molecule has 5 nitrogen and oxygen atoms in total. The second-order valence-corrected chi connectivity index (χ2v) is 4.63. The number of ether oxygens (including phenoxy) is 2. The van der Waals surface area contributed by atoms with Gasteiger partial charge in [-0.3, -0.25) is 9.88 Å². The lowest BCUT2D eigenvalue weighted by molar-refractivity contribution is 0.0298. The fraction of sp³-hybridized carbons (Fsp3) is 0.571. The normalized spacial score (nSPS) is 16.3. The van der Waals surface area contributed by atoms with Gasteiger partial charge < -0.3 is 9.47 Å². The monoisotopic (exact) mass is 264 g/mol. The van der Waals surface area contributed by atoms with Crippen LogP contribution < -0.4 is 0 Å². The predicted octanol–water partition coefficient (Wildman–Crippen LogP) is 1.27. The van der Waals surface area contributed by atoms with Crippen molar-refractivity contribution in [3.05, 3.63) is 29.6 Å². The first-order chi connectivity index (χ1) is 9.25. The molecule has 1 aliphatic heterocycles. The predicted molar refractivity (Wildman–Crippen MR) is 71.1 cm³/mol. The molecule has 0 spiro atoms. The summed E-state index contributed by atoms with van der Waals surface area (Å²) in [6.45, 7) is 6.82. The van der Waals surface area contributed by atoms with E-state index in [1.54, 1.807) is 12.3 Å². The number of hydrogen-bond donors (Lipinski definition) is 0. The van der Waals surface area contributed by atoms with Gasteiger partial charge in [-0.1, -0.05) is 0 Å². The van der Waals surface area contributed by atoms with E-state index in [9.17, 15) is 4.79 Å². The maximum absolute atomic E-state index is 11.7. The van der Waals surface area contributed by atoms with Gasteiger partial charge in [0.05, 0.1) is 25.4 Å². The quantitative estimate of drug-likeness (QED) is 0.592. The maximum Gasteiger partial charge on any atom is 0.339 e. The van der Waals surface area contributed by atoms with E-state index >= 15 is 0 Å². The van der Waals surface area contributed by atoms with Gasteiger partial charge in [-0.2, -0.15) is 0 Å². The summed E-state index contributed by atoms with van der Waals surface area (Å²) in [5.74, 6) is -0.297. The zero-order valence-corrected chi connectivity index (χ0v) is 11.3. The van der Waals surface area contributed by atoms with Gasteiger partial charge in [0.15, 0.2) is 0 Å². The third kappa shape index (κ3) is 4.61. The fourth-order valence-electron chi connectivity index (χ4n) is 1.95. The van der Waals surface area contributed by atoms with Crippen molar-refractivity contribution in [1.82, 2.24) is 9.88 Å². The molecule has 1 saturated heterocycles. The number of carbonyl (C=O) groups excluding carboxylic acids is 1. The Morgan fingerprint density at radius 2 is 2.21 bits per heavy atom. The van der Waals surface area contributed by atoms with Crippen LogP contribution in [0.2, 0.25) is 0 Å². The van der Waals surface area contributed by atoms with Crippen LogP contribution in [-0.2, 0) is 9.47 Å². The van der Waals surface area contributed by atoms with Gasteiger partial charge in [0.1, 0.15) is 0 Å². The highest BCUT2D eigenvalue weighted by molar-refractivity contribution is 5.88. The van der Waals surface area contributed by atoms with Crippen molar-refractivity contribution in [2.24, 2.45) is 0 Å². The minimum atomic E-state index is -0.297. The molecule has 0 N–H and O–H groups in total. The van der Waals surface area contributed by atoms with Crippen LogP contribution in [0, 0.1) is 6.92 Å². The van der Waals surface area contributed by atoms with Crippen LogP contribution in [0.15, 0.2) is 18.3 Å². The average molecular weight is 264 g/mol. The molecular weight excluding hydrogens is 244 g/mol. The number of rotatable bonds is 5. The summed E-state index contributed by atoms with van der Waals surface area (Å²) in [6.07, 6.45) is 2.41. The Labute approximate surface area is 113 Å². The molecule has 1 aliphatic rings. The van der Waals surface area contributed by atoms with Crippen LogP contribution in [-0.4, -0.2) is 55.3 Å². The molecule has 19 heavy (non-hydrogen) atoms. The maximum atomic E-state index is 11.7. The molecule has 2 rings (SSSR count). The summed E-state index contributed by atoms with van der Waals surface area (Å²) in [7, 11) is 0. The standard InChI is InChI=1S/C14H20N2O3/c1-12-3-4-13(11-15-12)14(17)19-8-2-5-16-6-9-18-10-7-16/h3-4,11H,2,5-10H2,1H3. The Bertz CT molecular complexity index is 400. The van der Waals surface area contributed by atoms with E-state index < -0.39 is 0 Å². The highest BCUT2D eigenvalue weighted by Crippen LogP contribution is 2.03. The zero-order chi connectivity index (χ0) is 13.5. The minimum Gasteiger partial charge on any atom is -0.462 e. The number of aryl methyl sites for hydroxylation is 1. The molecule has 1 fully saturated rings. The molecule has 0 unspecified atom stereocenters. The molecule has 5 heteroatoms. The summed E-state index contributed by atoms with van der Waals surface area (Å²) in [5, 5.41) is 0. The molecule has 1 aromatic heterocycles. The third-order valence-electron chi connectivity index (χ3n) is 3.10. The number of morpholine rings is 1. The Kier molecular flexibility index (Phi) is 5.30. The SMILES string of the molecule is Cc1ccc(C(=O)OCCCN2CCOCC2)cn1. The second kappa shape index (κ2) is 7.21. The average Bonchev–Trinajstić information content (AvgIpc) is 2.45. The molecule has 0 aliphatic carbocycles. The number of pyridine rings is 1. The van der Waals surface area contributed by atoms with Crippen molar-refractivity contribution in [2.45, 2.75) is 13.3 Å². The van der Waals surface area contributed by atoms with E-state index in [0.29, 0.717) is 12.2 Å². The molecule has 0 aromatic carbocycles. The van der Waals surface area contributed by atoms with Crippen molar-refractivity contribution >= 4 is 5.97 Å². The number of hydrogen-bond acceptors (Lipinski definition) is 5. The van der Waals surface area contributed by atoms with Crippen molar-refractivity contribution in [3.8, 4) is 0 Å². The number of carbonyl (C=O) groups is 1. The van der Waals surface area contributed by atoms with Crippen molar-refractivity contribution < 1.29 is 14.3 Å². The Hall–Kier alpha value is -1.46. The van der Waals surface area contributed by atoms with Gasteiger partial charge in [-0.15, -0.1) is 0 Å². The first-order valence-corrected chi connectivity index (χ1v) is 6.65. The second-order valence-electron chi connectivity index (χ2n) is 4.63. The van der Waals surface area contributed by atoms with Crippen LogP contribution in [0.5, 0.6) is 0 Å². The highest BCUT2D eigenvalue weighted by atomic mass is 16.5. The van der Waals surface area contributed by atoms with Crippen molar-refractivity contribution in [3.63, 3.8) is 0 Å². The Morgan fingerprint density at radius 1 is 1.42 bits per heavy atom. The van der Waals surface area contributed by atoms with Crippen molar-refractivity contribution in [2.75, 3.05) is 39.5 Å². The van der Waals surface area contributed by atoms with Gasteiger partial charge in [-0.05, 0) is 25.5 Å². The third-order valence-corrected chi connectivity index (χ3v) is 3.10. The van der Waals surface area contributed by atoms with Crippen LogP contribution in [0.25, 0.3) is 0 Å². The van der Waals surface area contributed by atoms with E-state index in [4.69, 9.17) is 9.47 Å². The minimum absolute atomic E-state index is 0.297. The zero-order valence-electron chi connectivity index (χ0n) is 11.3. The molecular formula is C14H20N2O3. The lowest BCUT2D eigenvalue weighted by atomic mass is 10.2. The fourth-order valence-corrected chi connectivity index (χ4v) is 1.95. The van der Waals surface area contributed by atoms with Crippen LogP contribution in [0.1, 0.15) is 22.5 Å². The lowest BCUT2D eigenvalue weighted by Crippen LogP contribution is -2.37. The van der Waals surface area contributed by atoms with Gasteiger partial charge in [0, 0.05) is 31.5 Å². The van der Waals surface area contributed by atoms with E-state index in [1.807, 2.05) is 13.0 Å². The van der Waals surface area contributed by atoms with Crippen LogP contribution in [0.4, 0.5) is 0 Å². The summed E-state index contributed by atoms with van der Waals surface area (Å²) in [5.41, 5.74) is 1.40. The Morgan fingerprint density at radius 3 is 2.89 bits per heavy atom. The van der Waals surface area contributed by atoms with E-state index in [1.165, 1.54) is 0 Å². The Balaban J connectivity index is 1.64. The summed E-state index contributed by atoms with van der Waals surface area (Å²) < 4.78 is 10.5. The number of esters is 1. The summed E-state index contributed by atoms with van der Waals surface area (Å²) in [6, 6.07) is 3.55. The van der Waals surface area contributed by atoms with Gasteiger partial charge in [0.2, 0.25) is 0 Å². The first-order valence-electron chi connectivity index (χ1n) is 6.65. The molecule has 104 valence electrons. The van der Waals surface area contributed by atoms with E-state index in [0.717, 1.165) is 45.0 Å². The summed E-state index contributed by atoms with van der Waals surface area (Å²) >= 11 is 0. The van der Waals surface area contributed by atoms with E-state index in [-0.39, 0.29) is 5.97 Å². The molecule has 0 bridgehead atoms. The number of nitrogens with zero attached hydrogens (tertiary/aromatic N) is 2. The molecule has 0 saturated carbocycles. The molecule has 1 aromatic rings. The largest absolute Gasteiger partial charge is 0.462 e. The molecule has 0 radical (unpaired) electrons. The van der Waals surface area contributed by atoms with Crippen LogP contribution >= 0.6 is 0 Å². The molecule has 0 amide bonds. The van der Waals surface area contributed by atoms with Gasteiger partial charge in [-0.25, -0.2) is 4.79 Å². The van der Waals surface area contributed by atoms with E-state index in [2.05, 4.69) is 9.88 Å².